The molecule has 0 radical (unpaired) electrons. The molecule has 3 nitrogen and oxygen atoms in total. The maximum atomic E-state index is 9.63. The zero-order valence-electron chi connectivity index (χ0n) is 8.44. The van der Waals surface area contributed by atoms with Crippen LogP contribution < -0.4 is 5.73 Å². The number of aliphatic hydroxyl groups excluding tert-OH is 1. The van der Waals surface area contributed by atoms with Gasteiger partial charge in [-0.05, 0) is 24.1 Å². The lowest BCUT2D eigenvalue weighted by Crippen LogP contribution is -2.06. The van der Waals surface area contributed by atoms with Gasteiger partial charge in [-0.15, -0.1) is 0 Å². The zero-order chi connectivity index (χ0) is 10.4. The van der Waals surface area contributed by atoms with Gasteiger partial charge in [0.25, 0.3) is 0 Å². The van der Waals surface area contributed by atoms with E-state index in [4.69, 9.17) is 10.5 Å². The van der Waals surface area contributed by atoms with Crippen LogP contribution >= 0.6 is 0 Å². The van der Waals surface area contributed by atoms with E-state index in [9.17, 15) is 5.11 Å². The van der Waals surface area contributed by atoms with Crippen molar-refractivity contribution < 1.29 is 9.84 Å². The number of hydrogen-bond acceptors (Lipinski definition) is 3. The number of methoxy groups -OCH3 is 1. The highest BCUT2D eigenvalue weighted by molar-refractivity contribution is 5.23. The Kier molecular flexibility index (Phi) is 4.59. The predicted octanol–water partition coefficient (Wildman–Crippen LogP) is 1.22. The van der Waals surface area contributed by atoms with E-state index in [0.717, 1.165) is 11.1 Å². The first-order chi connectivity index (χ1) is 6.77. The minimum Gasteiger partial charge on any atom is -0.388 e. The van der Waals surface area contributed by atoms with E-state index >= 15 is 0 Å². The molecule has 3 N–H and O–H groups in total. The van der Waals surface area contributed by atoms with Gasteiger partial charge in [0.1, 0.15) is 0 Å². The van der Waals surface area contributed by atoms with E-state index in [-0.39, 0.29) is 0 Å². The minimum atomic E-state index is -0.448. The first kappa shape index (κ1) is 11.2. The van der Waals surface area contributed by atoms with E-state index in [2.05, 4.69) is 0 Å². The SMILES string of the molecule is COCc1ccc([C@H](O)CCN)cc1. The average molecular weight is 195 g/mol. The first-order valence-corrected chi connectivity index (χ1v) is 4.74. The third-order valence-corrected chi connectivity index (χ3v) is 2.12. The van der Waals surface area contributed by atoms with Crippen molar-refractivity contribution in [3.63, 3.8) is 0 Å². The van der Waals surface area contributed by atoms with Gasteiger partial charge >= 0.3 is 0 Å². The number of ether oxygens (including phenoxy) is 1. The molecule has 1 atom stereocenters. The van der Waals surface area contributed by atoms with Crippen LogP contribution in [-0.4, -0.2) is 18.8 Å². The normalized spacial score (nSPS) is 12.8. The fraction of sp³-hybridized carbons (Fsp3) is 0.455. The second kappa shape index (κ2) is 5.75. The van der Waals surface area contributed by atoms with Gasteiger partial charge in [-0.1, -0.05) is 24.3 Å². The van der Waals surface area contributed by atoms with Gasteiger partial charge in [0.15, 0.2) is 0 Å². The molecule has 0 spiro atoms. The van der Waals surface area contributed by atoms with Crippen LogP contribution in [0.15, 0.2) is 24.3 Å². The van der Waals surface area contributed by atoms with Gasteiger partial charge < -0.3 is 15.6 Å². The van der Waals surface area contributed by atoms with E-state index < -0.39 is 6.10 Å². The lowest BCUT2D eigenvalue weighted by Gasteiger charge is -2.09. The molecule has 3 heteroatoms. The van der Waals surface area contributed by atoms with E-state index in [1.165, 1.54) is 0 Å². The van der Waals surface area contributed by atoms with Crippen molar-refractivity contribution in [1.82, 2.24) is 0 Å². The maximum Gasteiger partial charge on any atom is 0.0802 e. The summed E-state index contributed by atoms with van der Waals surface area (Å²) in [4.78, 5) is 0. The summed E-state index contributed by atoms with van der Waals surface area (Å²) in [6, 6.07) is 7.74. The summed E-state index contributed by atoms with van der Waals surface area (Å²) >= 11 is 0. The second-order valence-corrected chi connectivity index (χ2v) is 3.27. The maximum absolute atomic E-state index is 9.63. The summed E-state index contributed by atoms with van der Waals surface area (Å²) in [6.07, 6.45) is 0.153. The van der Waals surface area contributed by atoms with Crippen LogP contribution in [0.1, 0.15) is 23.7 Å². The molecule has 0 fully saturated rings. The van der Waals surface area contributed by atoms with Crippen molar-refractivity contribution in [2.45, 2.75) is 19.1 Å². The Morgan fingerprint density at radius 1 is 1.36 bits per heavy atom. The second-order valence-electron chi connectivity index (χ2n) is 3.27. The molecule has 0 saturated carbocycles. The highest BCUT2D eigenvalue weighted by Crippen LogP contribution is 2.16. The van der Waals surface area contributed by atoms with Crippen molar-refractivity contribution in [2.75, 3.05) is 13.7 Å². The van der Waals surface area contributed by atoms with Gasteiger partial charge in [0.2, 0.25) is 0 Å². The molecule has 0 amide bonds. The van der Waals surface area contributed by atoms with Crippen LogP contribution in [0, 0.1) is 0 Å². The van der Waals surface area contributed by atoms with Crippen molar-refractivity contribution >= 4 is 0 Å². The van der Waals surface area contributed by atoms with Crippen LogP contribution in [0.5, 0.6) is 0 Å². The Hall–Kier alpha value is -0.900. The summed E-state index contributed by atoms with van der Waals surface area (Å²) in [6.45, 7) is 1.11. The van der Waals surface area contributed by atoms with E-state index in [0.29, 0.717) is 19.6 Å². The third-order valence-electron chi connectivity index (χ3n) is 2.12. The van der Waals surface area contributed by atoms with Crippen LogP contribution in [0.2, 0.25) is 0 Å². The first-order valence-electron chi connectivity index (χ1n) is 4.74. The summed E-state index contributed by atoms with van der Waals surface area (Å²) in [7, 11) is 1.66. The van der Waals surface area contributed by atoms with Gasteiger partial charge in [-0.2, -0.15) is 0 Å². The molecule has 0 aliphatic heterocycles. The van der Waals surface area contributed by atoms with Gasteiger partial charge in [-0.25, -0.2) is 0 Å². The molecule has 1 aromatic carbocycles. The number of nitrogens with two attached hydrogens (primary N) is 1. The molecule has 1 aromatic rings. The molecule has 0 unspecified atom stereocenters. The molecule has 0 saturated heterocycles. The molecule has 1 rings (SSSR count). The monoisotopic (exact) mass is 195 g/mol. The zero-order valence-corrected chi connectivity index (χ0v) is 8.44. The van der Waals surface area contributed by atoms with Gasteiger partial charge in [0.05, 0.1) is 12.7 Å². The predicted molar refractivity (Wildman–Crippen MR) is 55.8 cm³/mol. The van der Waals surface area contributed by atoms with Crippen molar-refractivity contribution in [3.05, 3.63) is 35.4 Å². The molecule has 14 heavy (non-hydrogen) atoms. The van der Waals surface area contributed by atoms with E-state index in [1.54, 1.807) is 7.11 Å². The summed E-state index contributed by atoms with van der Waals surface area (Å²) in [5, 5.41) is 9.63. The lowest BCUT2D eigenvalue weighted by molar-refractivity contribution is 0.169. The number of aliphatic hydroxyl groups is 1. The van der Waals surface area contributed by atoms with E-state index in [1.807, 2.05) is 24.3 Å². The van der Waals surface area contributed by atoms with Crippen molar-refractivity contribution in [3.8, 4) is 0 Å². The van der Waals surface area contributed by atoms with Crippen molar-refractivity contribution in [1.29, 1.82) is 0 Å². The number of benzene rings is 1. The molecular formula is C11H17NO2. The fourth-order valence-corrected chi connectivity index (χ4v) is 1.33. The molecule has 0 aromatic heterocycles. The average Bonchev–Trinajstić information content (AvgIpc) is 2.20. The molecule has 0 aliphatic carbocycles. The summed E-state index contributed by atoms with van der Waals surface area (Å²) in [5.41, 5.74) is 7.38. The standard InChI is InChI=1S/C11H17NO2/c1-14-8-9-2-4-10(5-3-9)11(13)6-7-12/h2-5,11,13H,6-8,12H2,1H3/t11-/m1/s1. The topological polar surface area (TPSA) is 55.5 Å². The Morgan fingerprint density at radius 3 is 2.50 bits per heavy atom. The van der Waals surface area contributed by atoms with Crippen LogP contribution in [-0.2, 0) is 11.3 Å². The Morgan fingerprint density at radius 2 is 2.00 bits per heavy atom. The van der Waals surface area contributed by atoms with Crippen LogP contribution in [0.4, 0.5) is 0 Å². The molecule has 0 heterocycles. The molecular weight excluding hydrogens is 178 g/mol. The Labute approximate surface area is 84.5 Å². The van der Waals surface area contributed by atoms with Crippen molar-refractivity contribution in [2.24, 2.45) is 5.73 Å². The largest absolute Gasteiger partial charge is 0.388 e. The Bertz CT molecular complexity index is 258. The number of rotatable bonds is 5. The quantitative estimate of drug-likeness (QED) is 0.742. The minimum absolute atomic E-state index is 0.448. The highest BCUT2D eigenvalue weighted by atomic mass is 16.5. The Balaban J connectivity index is 2.62. The van der Waals surface area contributed by atoms with Gasteiger partial charge in [-0.3, -0.25) is 0 Å². The summed E-state index contributed by atoms with van der Waals surface area (Å²) < 4.78 is 4.99. The van der Waals surface area contributed by atoms with Crippen LogP contribution in [0.25, 0.3) is 0 Å². The number of hydrogen-bond donors (Lipinski definition) is 2. The molecule has 0 bridgehead atoms. The van der Waals surface area contributed by atoms with Crippen LogP contribution in [0.3, 0.4) is 0 Å². The lowest BCUT2D eigenvalue weighted by atomic mass is 10.1. The molecule has 0 aliphatic rings. The smallest absolute Gasteiger partial charge is 0.0802 e. The van der Waals surface area contributed by atoms with Gasteiger partial charge in [0, 0.05) is 7.11 Å². The summed E-state index contributed by atoms with van der Waals surface area (Å²) in [5.74, 6) is 0. The third kappa shape index (κ3) is 3.10. The highest BCUT2D eigenvalue weighted by Gasteiger charge is 2.05. The molecule has 78 valence electrons. The fourth-order valence-electron chi connectivity index (χ4n) is 1.33.